The van der Waals surface area contributed by atoms with Crippen LogP contribution in [0.1, 0.15) is 16.7 Å². The van der Waals surface area contributed by atoms with E-state index in [0.717, 1.165) is 50.1 Å². The zero-order valence-electron chi connectivity index (χ0n) is 17.5. The number of carbonyl (C=O) groups is 1. The molecule has 1 unspecified atom stereocenters. The maximum absolute atomic E-state index is 11.6. The first-order valence-electron chi connectivity index (χ1n) is 10.5. The summed E-state index contributed by atoms with van der Waals surface area (Å²) in [4.78, 5) is 16.3. The Balaban J connectivity index is 1.40. The molecule has 0 spiro atoms. The largest absolute Gasteiger partial charge is 0.507 e. The minimum absolute atomic E-state index is 0.169. The van der Waals surface area contributed by atoms with Gasteiger partial charge < -0.3 is 9.90 Å². The van der Waals surface area contributed by atoms with Crippen molar-refractivity contribution in [2.24, 2.45) is 0 Å². The highest BCUT2D eigenvalue weighted by Gasteiger charge is 2.23. The van der Waals surface area contributed by atoms with Crippen molar-refractivity contribution in [1.82, 2.24) is 20.7 Å². The summed E-state index contributed by atoms with van der Waals surface area (Å²) >= 11 is 0. The number of nitrogens with one attached hydrogen (secondary N) is 2. The molecule has 6 nitrogen and oxygen atoms in total. The third-order valence-corrected chi connectivity index (χ3v) is 5.56. The van der Waals surface area contributed by atoms with Gasteiger partial charge in [-0.15, -0.1) is 6.58 Å². The maximum atomic E-state index is 11.6. The van der Waals surface area contributed by atoms with Gasteiger partial charge in [-0.25, -0.2) is 0 Å². The monoisotopic (exact) mass is 408 g/mol. The fraction of sp³-hybridized carbons (Fsp3) is 0.375. The van der Waals surface area contributed by atoms with Crippen LogP contribution in [0.4, 0.5) is 0 Å². The number of hydrogen-bond donors (Lipinski definition) is 3. The average molecular weight is 409 g/mol. The molecule has 1 atom stereocenters. The number of nitrogens with zero attached hydrogens (tertiary/aromatic N) is 2. The summed E-state index contributed by atoms with van der Waals surface area (Å²) in [5.74, 6) is 0.299. The van der Waals surface area contributed by atoms with Crippen molar-refractivity contribution < 1.29 is 9.90 Å². The van der Waals surface area contributed by atoms with Gasteiger partial charge in [-0.2, -0.15) is 0 Å². The molecule has 1 aliphatic heterocycles. The number of aromatic hydroxyl groups is 1. The van der Waals surface area contributed by atoms with E-state index in [-0.39, 0.29) is 6.04 Å². The van der Waals surface area contributed by atoms with Gasteiger partial charge in [0, 0.05) is 51.4 Å². The number of hydrogen-bond acceptors (Lipinski definition) is 6. The van der Waals surface area contributed by atoms with Crippen molar-refractivity contribution in [2.45, 2.75) is 25.6 Å². The molecule has 0 radical (unpaired) electrons. The van der Waals surface area contributed by atoms with Gasteiger partial charge in [0.05, 0.1) is 6.04 Å². The molecule has 3 rings (SSSR count). The molecule has 0 bridgehead atoms. The van der Waals surface area contributed by atoms with Crippen LogP contribution in [-0.4, -0.2) is 60.0 Å². The number of rotatable bonds is 11. The number of piperazine rings is 1. The number of phenolic OH excluding ortho intramolecular Hbond substituents is 1. The van der Waals surface area contributed by atoms with Crippen LogP contribution in [0.25, 0.3) is 0 Å². The highest BCUT2D eigenvalue weighted by atomic mass is 16.3. The zero-order valence-corrected chi connectivity index (χ0v) is 17.5. The van der Waals surface area contributed by atoms with Gasteiger partial charge in [-0.05, 0) is 17.5 Å². The maximum Gasteiger partial charge on any atom is 0.138 e. The first-order chi connectivity index (χ1) is 14.7. The number of aldehydes is 1. The SMILES string of the molecule is C=CCc1cccc(CNNCC(C=O)N2CCN(Cc3ccccc3)CC2)c1O. The molecular formula is C24H32N4O2. The van der Waals surface area contributed by atoms with Crippen molar-refractivity contribution in [3.63, 3.8) is 0 Å². The van der Waals surface area contributed by atoms with Crippen LogP contribution in [0.5, 0.6) is 5.75 Å². The number of para-hydroxylation sites is 1. The third kappa shape index (κ3) is 6.24. The molecule has 1 saturated heterocycles. The normalized spacial score (nSPS) is 16.3. The highest BCUT2D eigenvalue weighted by molar-refractivity contribution is 5.58. The molecule has 1 aliphatic rings. The number of carbonyl (C=O) groups excluding carboxylic acids is 1. The van der Waals surface area contributed by atoms with Gasteiger partial charge >= 0.3 is 0 Å². The quantitative estimate of drug-likeness (QED) is 0.229. The summed E-state index contributed by atoms with van der Waals surface area (Å²) in [6.45, 7) is 9.34. The molecule has 0 saturated carbocycles. The topological polar surface area (TPSA) is 67.8 Å². The van der Waals surface area contributed by atoms with E-state index >= 15 is 0 Å². The number of phenols is 1. The van der Waals surface area contributed by atoms with E-state index in [1.165, 1.54) is 5.56 Å². The standard InChI is InChI=1S/C24H32N4O2/c1-2-7-21-10-6-11-22(24(21)30)16-25-26-17-23(19-29)28-14-12-27(13-15-28)18-20-8-4-3-5-9-20/h2-6,8-11,19,23,25-26,30H,1,7,12-18H2. The van der Waals surface area contributed by atoms with E-state index in [1.54, 1.807) is 6.08 Å². The van der Waals surface area contributed by atoms with Crippen molar-refractivity contribution in [2.75, 3.05) is 32.7 Å². The Morgan fingerprint density at radius 1 is 1.00 bits per heavy atom. The first kappa shape index (κ1) is 22.2. The van der Waals surface area contributed by atoms with E-state index in [2.05, 4.69) is 51.5 Å². The van der Waals surface area contributed by atoms with Crippen molar-refractivity contribution in [1.29, 1.82) is 0 Å². The summed E-state index contributed by atoms with van der Waals surface area (Å²) in [6.07, 6.45) is 3.43. The highest BCUT2D eigenvalue weighted by Crippen LogP contribution is 2.22. The fourth-order valence-electron chi connectivity index (χ4n) is 3.80. The molecule has 2 aromatic carbocycles. The van der Waals surface area contributed by atoms with Gasteiger partial charge in [0.1, 0.15) is 12.0 Å². The lowest BCUT2D eigenvalue weighted by Crippen LogP contribution is -2.54. The lowest BCUT2D eigenvalue weighted by atomic mass is 10.1. The number of allylic oxidation sites excluding steroid dienone is 1. The Morgan fingerprint density at radius 3 is 2.43 bits per heavy atom. The Bertz CT molecular complexity index is 804. The molecule has 160 valence electrons. The average Bonchev–Trinajstić information content (AvgIpc) is 2.78. The molecule has 1 heterocycles. The second-order valence-corrected chi connectivity index (χ2v) is 7.65. The minimum atomic E-state index is -0.169. The molecule has 0 aromatic heterocycles. The van der Waals surface area contributed by atoms with Crippen LogP contribution in [0.2, 0.25) is 0 Å². The Hall–Kier alpha value is -2.51. The number of benzene rings is 2. The second-order valence-electron chi connectivity index (χ2n) is 7.65. The lowest BCUT2D eigenvalue weighted by Gasteiger charge is -2.37. The predicted molar refractivity (Wildman–Crippen MR) is 120 cm³/mol. The number of hydrazine groups is 1. The molecule has 3 N–H and O–H groups in total. The van der Waals surface area contributed by atoms with Crippen molar-refractivity contribution in [3.05, 3.63) is 77.9 Å². The van der Waals surface area contributed by atoms with Crippen LogP contribution in [-0.2, 0) is 24.3 Å². The van der Waals surface area contributed by atoms with E-state index in [1.807, 2.05) is 24.3 Å². The third-order valence-electron chi connectivity index (χ3n) is 5.56. The van der Waals surface area contributed by atoms with Gasteiger partial charge in [-0.1, -0.05) is 54.6 Å². The van der Waals surface area contributed by atoms with Gasteiger partial charge in [0.25, 0.3) is 0 Å². The molecule has 6 heteroatoms. The smallest absolute Gasteiger partial charge is 0.138 e. The second kappa shape index (κ2) is 11.6. The lowest BCUT2D eigenvalue weighted by molar-refractivity contribution is -0.113. The molecule has 30 heavy (non-hydrogen) atoms. The Labute approximate surface area is 179 Å². The van der Waals surface area contributed by atoms with Gasteiger partial charge in [0.2, 0.25) is 0 Å². The van der Waals surface area contributed by atoms with Gasteiger partial charge in [0.15, 0.2) is 0 Å². The zero-order chi connectivity index (χ0) is 21.2. The van der Waals surface area contributed by atoms with Crippen LogP contribution in [0, 0.1) is 0 Å². The van der Waals surface area contributed by atoms with Gasteiger partial charge in [-0.3, -0.25) is 20.7 Å². The summed E-state index contributed by atoms with van der Waals surface area (Å²) < 4.78 is 0. The molecule has 2 aromatic rings. The van der Waals surface area contributed by atoms with E-state index < -0.39 is 0 Å². The van der Waals surface area contributed by atoms with Crippen LogP contribution < -0.4 is 10.9 Å². The predicted octanol–water partition coefficient (Wildman–Crippen LogP) is 2.10. The molecule has 0 aliphatic carbocycles. The summed E-state index contributed by atoms with van der Waals surface area (Å²) in [5, 5.41) is 10.3. The molecular weight excluding hydrogens is 376 g/mol. The fourth-order valence-corrected chi connectivity index (χ4v) is 3.80. The van der Waals surface area contributed by atoms with Crippen LogP contribution in [0.15, 0.2) is 61.2 Å². The van der Waals surface area contributed by atoms with Crippen molar-refractivity contribution in [3.8, 4) is 5.75 Å². The summed E-state index contributed by atoms with van der Waals surface area (Å²) in [5.41, 5.74) is 9.28. The van der Waals surface area contributed by atoms with E-state index in [9.17, 15) is 9.90 Å². The van der Waals surface area contributed by atoms with E-state index in [4.69, 9.17) is 0 Å². The Morgan fingerprint density at radius 2 is 1.73 bits per heavy atom. The summed E-state index contributed by atoms with van der Waals surface area (Å²) in [7, 11) is 0. The van der Waals surface area contributed by atoms with Crippen LogP contribution >= 0.6 is 0 Å². The molecule has 1 fully saturated rings. The first-order valence-corrected chi connectivity index (χ1v) is 10.5. The van der Waals surface area contributed by atoms with Crippen molar-refractivity contribution >= 4 is 6.29 Å². The Kier molecular flexibility index (Phi) is 8.59. The molecule has 0 amide bonds. The summed E-state index contributed by atoms with van der Waals surface area (Å²) in [6, 6.07) is 16.0. The minimum Gasteiger partial charge on any atom is -0.507 e. The van der Waals surface area contributed by atoms with Crippen LogP contribution in [0.3, 0.4) is 0 Å². The van der Waals surface area contributed by atoms with E-state index in [0.29, 0.717) is 25.3 Å².